The number of benzene rings is 3. The van der Waals surface area contributed by atoms with E-state index >= 15 is 0 Å². The molecular weight excluding hydrogens is 542 g/mol. The molecule has 0 aliphatic carbocycles. The first-order valence-electron chi connectivity index (χ1n) is 14.8. The average molecular weight is 586 g/mol. The third-order valence-electron chi connectivity index (χ3n) is 8.09. The number of aryl methyl sites for hydroxylation is 1. The number of nitrogens with one attached hydrogen (secondary N) is 4. The third-order valence-corrected chi connectivity index (χ3v) is 8.09. The topological polar surface area (TPSA) is 120 Å². The summed E-state index contributed by atoms with van der Waals surface area (Å²) in [5.74, 6) is -1.24. The van der Waals surface area contributed by atoms with Gasteiger partial charge in [-0.1, -0.05) is 80.9 Å². The van der Waals surface area contributed by atoms with Gasteiger partial charge in [-0.25, -0.2) is 0 Å². The fraction of sp³-hybridized carbons (Fsp3) is 0.412. The van der Waals surface area contributed by atoms with Gasteiger partial charge in [-0.05, 0) is 61.2 Å². The van der Waals surface area contributed by atoms with E-state index in [4.69, 9.17) is 0 Å². The number of likely N-dealkylation sites (N-methyl/N-ethyl adjacent to an activating group) is 1. The van der Waals surface area contributed by atoms with Crippen LogP contribution in [-0.2, 0) is 20.9 Å². The van der Waals surface area contributed by atoms with E-state index in [9.17, 15) is 19.2 Å². The van der Waals surface area contributed by atoms with Crippen LogP contribution >= 0.6 is 0 Å². The van der Waals surface area contributed by atoms with Crippen LogP contribution in [0.15, 0.2) is 66.7 Å². The van der Waals surface area contributed by atoms with Crippen LogP contribution in [-0.4, -0.2) is 66.3 Å². The van der Waals surface area contributed by atoms with Crippen molar-refractivity contribution in [2.24, 2.45) is 5.41 Å². The van der Waals surface area contributed by atoms with Gasteiger partial charge in [0.05, 0.1) is 6.04 Å². The molecule has 1 aliphatic heterocycles. The quantitative estimate of drug-likeness (QED) is 0.307. The minimum Gasteiger partial charge on any atom is -0.350 e. The lowest BCUT2D eigenvalue weighted by molar-refractivity contribution is -0.144. The monoisotopic (exact) mass is 585 g/mol. The molecule has 43 heavy (non-hydrogen) atoms. The minimum absolute atomic E-state index is 0.146. The molecule has 0 bridgehead atoms. The van der Waals surface area contributed by atoms with Gasteiger partial charge < -0.3 is 26.2 Å². The number of rotatable bonds is 9. The summed E-state index contributed by atoms with van der Waals surface area (Å²) in [6.07, 6.45) is 0.252. The van der Waals surface area contributed by atoms with E-state index in [-0.39, 0.29) is 43.1 Å². The van der Waals surface area contributed by atoms with Crippen LogP contribution in [0.2, 0.25) is 0 Å². The van der Waals surface area contributed by atoms with E-state index in [0.717, 1.165) is 21.9 Å². The summed E-state index contributed by atoms with van der Waals surface area (Å²) < 4.78 is 0. The first kappa shape index (κ1) is 31.7. The Morgan fingerprint density at radius 3 is 2.30 bits per heavy atom. The lowest BCUT2D eigenvalue weighted by Gasteiger charge is -2.36. The SMILES string of the molecule is CN[C@@H](C)C(=O)N[C@H](C(=O)N1C[C@@H](NC(=O)c2ccc(C)cc2)C[C@H]1C(=O)NCc1cccc2ccccc12)C(C)(C)C. The zero-order valence-electron chi connectivity index (χ0n) is 25.9. The molecule has 0 unspecified atom stereocenters. The molecule has 0 aromatic heterocycles. The molecule has 9 heteroatoms. The number of fused-ring (bicyclic) bond motifs is 1. The van der Waals surface area contributed by atoms with Crippen molar-refractivity contribution in [1.29, 1.82) is 0 Å². The largest absolute Gasteiger partial charge is 0.350 e. The lowest BCUT2D eigenvalue weighted by Crippen LogP contribution is -2.59. The molecule has 9 nitrogen and oxygen atoms in total. The van der Waals surface area contributed by atoms with Crippen molar-refractivity contribution in [3.05, 3.63) is 83.4 Å². The number of hydrogen-bond donors (Lipinski definition) is 4. The van der Waals surface area contributed by atoms with Gasteiger partial charge in [0.2, 0.25) is 17.7 Å². The Labute approximate surface area is 253 Å². The molecule has 4 amide bonds. The van der Waals surface area contributed by atoms with E-state index in [1.165, 1.54) is 4.90 Å². The highest BCUT2D eigenvalue weighted by molar-refractivity contribution is 5.96. The second-order valence-corrected chi connectivity index (χ2v) is 12.5. The Balaban J connectivity index is 1.57. The summed E-state index contributed by atoms with van der Waals surface area (Å²) in [6.45, 7) is 9.73. The third kappa shape index (κ3) is 7.59. The molecule has 3 aromatic carbocycles. The number of likely N-dealkylation sites (tertiary alicyclic amines) is 1. The highest BCUT2D eigenvalue weighted by Gasteiger charge is 2.45. The standard InChI is InChI=1S/C34H43N5O4/c1-21-14-16-24(17-15-21)31(41)37-26-18-28(32(42)36-19-25-12-9-11-23-10-7-8-13-27(23)25)39(20-26)33(43)29(34(3,4)5)38-30(40)22(2)35-6/h7-17,22,26,28-29,35H,18-20H2,1-6H3,(H,36,42)(H,37,41)(H,38,40)/t22-,26-,28-,29+/m0/s1. The molecule has 4 N–H and O–H groups in total. The zero-order chi connectivity index (χ0) is 31.3. The predicted molar refractivity (Wildman–Crippen MR) is 168 cm³/mol. The van der Waals surface area contributed by atoms with Gasteiger partial charge in [-0.15, -0.1) is 0 Å². The van der Waals surface area contributed by atoms with Gasteiger partial charge in [0.15, 0.2) is 0 Å². The van der Waals surface area contributed by atoms with E-state index in [1.54, 1.807) is 26.1 Å². The smallest absolute Gasteiger partial charge is 0.251 e. The summed E-state index contributed by atoms with van der Waals surface area (Å²) in [7, 11) is 1.68. The summed E-state index contributed by atoms with van der Waals surface area (Å²) in [4.78, 5) is 55.3. The fourth-order valence-corrected chi connectivity index (χ4v) is 5.37. The molecule has 0 spiro atoms. The summed E-state index contributed by atoms with van der Waals surface area (Å²) in [5, 5.41) is 14.0. The van der Waals surface area contributed by atoms with Crippen molar-refractivity contribution in [2.75, 3.05) is 13.6 Å². The van der Waals surface area contributed by atoms with Gasteiger partial charge in [-0.3, -0.25) is 19.2 Å². The van der Waals surface area contributed by atoms with Crippen LogP contribution in [0, 0.1) is 12.3 Å². The highest BCUT2D eigenvalue weighted by atomic mass is 16.2. The average Bonchev–Trinajstić information content (AvgIpc) is 3.41. The number of nitrogens with zero attached hydrogens (tertiary/aromatic N) is 1. The Morgan fingerprint density at radius 1 is 0.953 bits per heavy atom. The molecule has 0 saturated carbocycles. The fourth-order valence-electron chi connectivity index (χ4n) is 5.37. The minimum atomic E-state index is -0.879. The van der Waals surface area contributed by atoms with Crippen LogP contribution in [0.4, 0.5) is 0 Å². The second kappa shape index (κ2) is 13.4. The van der Waals surface area contributed by atoms with Crippen LogP contribution in [0.3, 0.4) is 0 Å². The van der Waals surface area contributed by atoms with Gasteiger partial charge in [0.1, 0.15) is 12.1 Å². The van der Waals surface area contributed by atoms with Crippen LogP contribution in [0.1, 0.15) is 55.6 Å². The number of amides is 4. The highest BCUT2D eigenvalue weighted by Crippen LogP contribution is 2.27. The predicted octanol–water partition coefficient (Wildman–Crippen LogP) is 3.30. The molecule has 1 aliphatic rings. The summed E-state index contributed by atoms with van der Waals surface area (Å²) in [5.41, 5.74) is 1.88. The van der Waals surface area contributed by atoms with Gasteiger partial charge in [-0.2, -0.15) is 0 Å². The first-order chi connectivity index (χ1) is 20.4. The lowest BCUT2D eigenvalue weighted by atomic mass is 9.85. The first-order valence-corrected chi connectivity index (χ1v) is 14.8. The molecule has 3 aromatic rings. The van der Waals surface area contributed by atoms with Crippen molar-refractivity contribution in [3.63, 3.8) is 0 Å². The Bertz CT molecular complexity index is 1470. The summed E-state index contributed by atoms with van der Waals surface area (Å²) in [6, 6.07) is 18.5. The zero-order valence-corrected chi connectivity index (χ0v) is 25.9. The molecule has 4 rings (SSSR count). The molecule has 4 atom stereocenters. The Hall–Kier alpha value is -4.24. The maximum absolute atomic E-state index is 14.1. The number of carbonyl (C=O) groups excluding carboxylic acids is 4. The maximum Gasteiger partial charge on any atom is 0.251 e. The molecule has 228 valence electrons. The van der Waals surface area contributed by atoms with Gasteiger partial charge in [0, 0.05) is 24.7 Å². The van der Waals surface area contributed by atoms with Crippen LogP contribution < -0.4 is 21.3 Å². The van der Waals surface area contributed by atoms with Crippen molar-refractivity contribution in [1.82, 2.24) is 26.2 Å². The van der Waals surface area contributed by atoms with Gasteiger partial charge >= 0.3 is 0 Å². The number of hydrogen-bond acceptors (Lipinski definition) is 5. The normalized spacial score (nSPS) is 18.1. The Kier molecular flexibility index (Phi) is 9.86. The molecule has 1 heterocycles. The van der Waals surface area contributed by atoms with Crippen LogP contribution in [0.5, 0.6) is 0 Å². The Morgan fingerprint density at radius 2 is 1.63 bits per heavy atom. The molecule has 1 fully saturated rings. The van der Waals surface area contributed by atoms with E-state index in [2.05, 4.69) is 21.3 Å². The molecule has 1 saturated heterocycles. The van der Waals surface area contributed by atoms with Crippen LogP contribution in [0.25, 0.3) is 10.8 Å². The van der Waals surface area contributed by atoms with Crippen molar-refractivity contribution in [3.8, 4) is 0 Å². The van der Waals surface area contributed by atoms with Crippen molar-refractivity contribution in [2.45, 2.75) is 71.8 Å². The van der Waals surface area contributed by atoms with E-state index < -0.39 is 29.6 Å². The van der Waals surface area contributed by atoms with Crippen molar-refractivity contribution >= 4 is 34.4 Å². The maximum atomic E-state index is 14.1. The molecule has 0 radical (unpaired) electrons. The number of carbonyl (C=O) groups is 4. The second-order valence-electron chi connectivity index (χ2n) is 12.5. The van der Waals surface area contributed by atoms with E-state index in [1.807, 2.05) is 82.3 Å². The summed E-state index contributed by atoms with van der Waals surface area (Å²) >= 11 is 0. The van der Waals surface area contributed by atoms with Crippen molar-refractivity contribution < 1.29 is 19.2 Å². The van der Waals surface area contributed by atoms with E-state index in [0.29, 0.717) is 5.56 Å². The van der Waals surface area contributed by atoms with Gasteiger partial charge in [0.25, 0.3) is 5.91 Å². The molecular formula is C34H43N5O4.